The monoisotopic (exact) mass is 226 g/mol. The molecule has 1 fully saturated rings. The Bertz CT molecular complexity index is 411. The van der Waals surface area contributed by atoms with E-state index in [9.17, 15) is 9.59 Å². The molecule has 15 heavy (non-hydrogen) atoms. The number of thiazole rings is 1. The number of nitrogens with zero attached hydrogens (tertiary/aromatic N) is 2. The summed E-state index contributed by atoms with van der Waals surface area (Å²) in [6.07, 6.45) is 3.24. The Morgan fingerprint density at radius 1 is 1.60 bits per heavy atom. The molecule has 80 valence electrons. The molecular weight excluding hydrogens is 216 g/mol. The predicted molar refractivity (Wildman–Crippen MR) is 55.3 cm³/mol. The van der Waals surface area contributed by atoms with Crippen LogP contribution in [0.1, 0.15) is 29.4 Å². The summed E-state index contributed by atoms with van der Waals surface area (Å²) in [4.78, 5) is 27.7. The van der Waals surface area contributed by atoms with Crippen molar-refractivity contribution in [1.82, 2.24) is 4.98 Å². The standard InChI is InChI=1S/C9H10N2O3S/c1-5(12)11(6-2-3-6)9-10-4-7(15-9)8(13)14/h4,6H,2-3H2,1H3,(H,13,14). The van der Waals surface area contributed by atoms with Crippen molar-refractivity contribution in [1.29, 1.82) is 0 Å². The predicted octanol–water partition coefficient (Wildman–Crippen LogP) is 1.36. The van der Waals surface area contributed by atoms with E-state index in [1.165, 1.54) is 13.1 Å². The van der Waals surface area contributed by atoms with E-state index in [1.54, 1.807) is 4.90 Å². The van der Waals surface area contributed by atoms with Gasteiger partial charge in [0.2, 0.25) is 5.91 Å². The number of hydrogen-bond donors (Lipinski definition) is 1. The summed E-state index contributed by atoms with van der Waals surface area (Å²) in [5.41, 5.74) is 0. The molecule has 2 rings (SSSR count). The molecule has 1 heterocycles. The van der Waals surface area contributed by atoms with E-state index in [2.05, 4.69) is 4.98 Å². The summed E-state index contributed by atoms with van der Waals surface area (Å²) in [5.74, 6) is -1.08. The Morgan fingerprint density at radius 2 is 2.27 bits per heavy atom. The average molecular weight is 226 g/mol. The first kappa shape index (κ1) is 10.1. The van der Waals surface area contributed by atoms with Gasteiger partial charge in [0.1, 0.15) is 4.88 Å². The maximum absolute atomic E-state index is 11.4. The van der Waals surface area contributed by atoms with Crippen molar-refractivity contribution in [3.63, 3.8) is 0 Å². The molecule has 0 atom stereocenters. The number of aromatic carboxylic acids is 1. The minimum absolute atomic E-state index is 0.0798. The van der Waals surface area contributed by atoms with E-state index in [0.717, 1.165) is 24.2 Å². The van der Waals surface area contributed by atoms with Crippen molar-refractivity contribution < 1.29 is 14.7 Å². The van der Waals surface area contributed by atoms with Crippen molar-refractivity contribution in [2.45, 2.75) is 25.8 Å². The second kappa shape index (κ2) is 3.62. The van der Waals surface area contributed by atoms with E-state index in [-0.39, 0.29) is 16.8 Å². The first-order chi connectivity index (χ1) is 7.09. The molecule has 1 N–H and O–H groups in total. The highest BCUT2D eigenvalue weighted by Crippen LogP contribution is 2.34. The second-order valence-corrected chi connectivity index (χ2v) is 4.44. The lowest BCUT2D eigenvalue weighted by atomic mass is 10.5. The van der Waals surface area contributed by atoms with Crippen LogP contribution in [0.4, 0.5) is 5.13 Å². The molecule has 0 aliphatic heterocycles. The first-order valence-electron chi connectivity index (χ1n) is 4.58. The van der Waals surface area contributed by atoms with E-state index >= 15 is 0 Å². The van der Waals surface area contributed by atoms with E-state index in [1.807, 2.05) is 0 Å². The first-order valence-corrected chi connectivity index (χ1v) is 5.40. The summed E-state index contributed by atoms with van der Waals surface area (Å²) in [6, 6.07) is 0.218. The van der Waals surface area contributed by atoms with Crippen molar-refractivity contribution >= 4 is 28.3 Å². The van der Waals surface area contributed by atoms with Crippen molar-refractivity contribution in [2.75, 3.05) is 4.90 Å². The smallest absolute Gasteiger partial charge is 0.347 e. The van der Waals surface area contributed by atoms with Gasteiger partial charge in [-0.3, -0.25) is 9.69 Å². The summed E-state index contributed by atoms with van der Waals surface area (Å²) in [5, 5.41) is 9.23. The number of carboxylic acid groups (broad SMARTS) is 1. The van der Waals surface area contributed by atoms with Gasteiger partial charge in [-0.15, -0.1) is 0 Å². The van der Waals surface area contributed by atoms with Crippen LogP contribution in [-0.2, 0) is 4.79 Å². The third-order valence-corrected chi connectivity index (χ3v) is 3.15. The normalized spacial score (nSPS) is 15.0. The summed E-state index contributed by atoms with van der Waals surface area (Å²) < 4.78 is 0. The fourth-order valence-electron chi connectivity index (χ4n) is 1.36. The zero-order valence-electron chi connectivity index (χ0n) is 8.14. The summed E-state index contributed by atoms with van der Waals surface area (Å²) in [7, 11) is 0. The number of rotatable bonds is 3. The molecule has 0 unspecified atom stereocenters. The van der Waals surface area contributed by atoms with Gasteiger partial charge in [-0.2, -0.15) is 0 Å². The van der Waals surface area contributed by atoms with Crippen LogP contribution >= 0.6 is 11.3 Å². The third-order valence-electron chi connectivity index (χ3n) is 2.16. The van der Waals surface area contributed by atoms with E-state index in [0.29, 0.717) is 5.13 Å². The molecule has 0 saturated heterocycles. The Hall–Kier alpha value is -1.43. The Kier molecular flexibility index (Phi) is 2.44. The SMILES string of the molecule is CC(=O)N(c1ncc(C(=O)O)s1)C1CC1. The molecule has 5 nitrogen and oxygen atoms in total. The quantitative estimate of drug-likeness (QED) is 0.844. The van der Waals surface area contributed by atoms with Gasteiger partial charge in [0.05, 0.1) is 6.20 Å². The lowest BCUT2D eigenvalue weighted by molar-refractivity contribution is -0.116. The summed E-state index contributed by atoms with van der Waals surface area (Å²) in [6.45, 7) is 1.47. The Labute approximate surface area is 90.4 Å². The molecule has 1 aromatic rings. The number of amides is 1. The van der Waals surface area contributed by atoms with Gasteiger partial charge in [0.25, 0.3) is 0 Å². The van der Waals surface area contributed by atoms with Gasteiger partial charge in [-0.05, 0) is 12.8 Å². The molecule has 1 saturated carbocycles. The molecule has 1 aromatic heterocycles. The zero-order chi connectivity index (χ0) is 11.0. The highest BCUT2D eigenvalue weighted by atomic mass is 32.1. The summed E-state index contributed by atoms with van der Waals surface area (Å²) >= 11 is 1.04. The number of carboxylic acids is 1. The number of carbonyl (C=O) groups excluding carboxylic acids is 1. The van der Waals surface area contributed by atoms with Crippen LogP contribution in [0.15, 0.2) is 6.20 Å². The Balaban J connectivity index is 2.25. The molecule has 0 bridgehead atoms. The van der Waals surface area contributed by atoms with Crippen LogP contribution in [0.25, 0.3) is 0 Å². The maximum Gasteiger partial charge on any atom is 0.347 e. The van der Waals surface area contributed by atoms with Crippen LogP contribution in [0.5, 0.6) is 0 Å². The van der Waals surface area contributed by atoms with Crippen LogP contribution in [0.2, 0.25) is 0 Å². The van der Waals surface area contributed by atoms with Gasteiger partial charge in [0.15, 0.2) is 5.13 Å². The van der Waals surface area contributed by atoms with E-state index in [4.69, 9.17) is 5.11 Å². The van der Waals surface area contributed by atoms with Gasteiger partial charge in [-0.25, -0.2) is 9.78 Å². The van der Waals surface area contributed by atoms with Crippen LogP contribution in [0.3, 0.4) is 0 Å². The lowest BCUT2D eigenvalue weighted by Crippen LogP contribution is -2.30. The van der Waals surface area contributed by atoms with E-state index < -0.39 is 5.97 Å². The Morgan fingerprint density at radius 3 is 2.67 bits per heavy atom. The molecule has 1 aliphatic carbocycles. The molecular formula is C9H10N2O3S. The number of carbonyl (C=O) groups is 2. The van der Waals surface area contributed by atoms with Gasteiger partial charge in [-0.1, -0.05) is 11.3 Å². The van der Waals surface area contributed by atoms with Crippen molar-refractivity contribution in [3.05, 3.63) is 11.1 Å². The second-order valence-electron chi connectivity index (χ2n) is 3.43. The number of anilines is 1. The molecule has 1 aliphatic rings. The number of hydrogen-bond acceptors (Lipinski definition) is 4. The van der Waals surface area contributed by atoms with Crippen LogP contribution in [0, 0.1) is 0 Å². The largest absolute Gasteiger partial charge is 0.477 e. The van der Waals surface area contributed by atoms with Gasteiger partial charge < -0.3 is 5.11 Å². The number of aromatic nitrogens is 1. The molecule has 0 aromatic carbocycles. The van der Waals surface area contributed by atoms with Gasteiger partial charge in [0, 0.05) is 13.0 Å². The van der Waals surface area contributed by atoms with Gasteiger partial charge >= 0.3 is 5.97 Å². The van der Waals surface area contributed by atoms with Crippen LogP contribution < -0.4 is 4.90 Å². The zero-order valence-corrected chi connectivity index (χ0v) is 8.95. The fraction of sp³-hybridized carbons (Fsp3) is 0.444. The van der Waals surface area contributed by atoms with Crippen molar-refractivity contribution in [3.8, 4) is 0 Å². The highest BCUT2D eigenvalue weighted by molar-refractivity contribution is 7.17. The minimum atomic E-state index is -1.00. The average Bonchev–Trinajstić information content (AvgIpc) is 2.81. The topological polar surface area (TPSA) is 70.5 Å². The highest BCUT2D eigenvalue weighted by Gasteiger charge is 2.33. The molecule has 1 amide bonds. The minimum Gasteiger partial charge on any atom is -0.477 e. The van der Waals surface area contributed by atoms with Crippen molar-refractivity contribution in [2.24, 2.45) is 0 Å². The van der Waals surface area contributed by atoms with Crippen LogP contribution in [-0.4, -0.2) is 28.0 Å². The molecule has 0 radical (unpaired) electrons. The lowest BCUT2D eigenvalue weighted by Gasteiger charge is -2.16. The third kappa shape index (κ3) is 1.99. The fourth-order valence-corrected chi connectivity index (χ4v) is 2.23. The maximum atomic E-state index is 11.4. The molecule has 0 spiro atoms. The molecule has 6 heteroatoms.